The molecule has 0 aliphatic heterocycles. The molecule has 3 heteroatoms. The lowest BCUT2D eigenvalue weighted by atomic mass is 9.85. The Labute approximate surface area is 118 Å². The molecule has 1 aromatic carbocycles. The minimum Gasteiger partial charge on any atom is -0.496 e. The topological polar surface area (TPSA) is 29.5 Å². The highest BCUT2D eigenvalue weighted by Gasteiger charge is 2.24. The maximum atomic E-state index is 10.5. The molecular weight excluding hydrogens is 292 g/mol. The molecule has 1 rings (SSSR count). The molecule has 0 spiro atoms. The minimum atomic E-state index is -0.504. The Kier molecular flexibility index (Phi) is 4.84. The standard InChI is InChI=1S/C15H23BrO2/c1-9-7-11(16)10(2)13(14(9)18-6)12(17)8-15(3,4)5/h7,12,17H,8H2,1-6H3. The Balaban J connectivity index is 3.29. The SMILES string of the molecule is COc1c(C)cc(Br)c(C)c1C(O)CC(C)(C)C. The summed E-state index contributed by atoms with van der Waals surface area (Å²) in [6.07, 6.45) is 0.205. The predicted octanol–water partition coefficient (Wildman–Crippen LogP) is 4.54. The molecule has 0 aliphatic carbocycles. The molecular formula is C15H23BrO2. The molecule has 0 fully saturated rings. The zero-order valence-corrected chi connectivity index (χ0v) is 13.7. The summed E-state index contributed by atoms with van der Waals surface area (Å²) in [4.78, 5) is 0. The average molecular weight is 315 g/mol. The minimum absolute atomic E-state index is 0.0765. The van der Waals surface area contributed by atoms with E-state index in [-0.39, 0.29) is 5.41 Å². The second-order valence-electron chi connectivity index (χ2n) is 6.03. The summed E-state index contributed by atoms with van der Waals surface area (Å²) < 4.78 is 6.48. The smallest absolute Gasteiger partial charge is 0.127 e. The fourth-order valence-corrected chi connectivity index (χ4v) is 2.79. The lowest BCUT2D eigenvalue weighted by molar-refractivity contribution is 0.119. The van der Waals surface area contributed by atoms with Crippen molar-refractivity contribution in [1.82, 2.24) is 0 Å². The van der Waals surface area contributed by atoms with Crippen LogP contribution in [0.3, 0.4) is 0 Å². The van der Waals surface area contributed by atoms with Crippen molar-refractivity contribution in [2.75, 3.05) is 7.11 Å². The highest BCUT2D eigenvalue weighted by molar-refractivity contribution is 9.10. The summed E-state index contributed by atoms with van der Waals surface area (Å²) in [7, 11) is 1.66. The molecule has 0 radical (unpaired) electrons. The van der Waals surface area contributed by atoms with E-state index in [1.165, 1.54) is 0 Å². The van der Waals surface area contributed by atoms with Crippen molar-refractivity contribution in [3.63, 3.8) is 0 Å². The van der Waals surface area contributed by atoms with E-state index in [0.29, 0.717) is 6.42 Å². The third kappa shape index (κ3) is 3.48. The molecule has 1 N–H and O–H groups in total. The van der Waals surface area contributed by atoms with Crippen LogP contribution in [0.4, 0.5) is 0 Å². The Morgan fingerprint density at radius 3 is 2.33 bits per heavy atom. The lowest BCUT2D eigenvalue weighted by Gasteiger charge is -2.26. The van der Waals surface area contributed by atoms with Gasteiger partial charge in [0.05, 0.1) is 13.2 Å². The Hall–Kier alpha value is -0.540. The first-order valence-electron chi connectivity index (χ1n) is 6.19. The van der Waals surface area contributed by atoms with Gasteiger partial charge in [-0.15, -0.1) is 0 Å². The largest absolute Gasteiger partial charge is 0.496 e. The fourth-order valence-electron chi connectivity index (χ4n) is 2.23. The summed E-state index contributed by atoms with van der Waals surface area (Å²) in [5.41, 5.74) is 3.07. The predicted molar refractivity (Wildman–Crippen MR) is 79.2 cm³/mol. The molecule has 0 aliphatic rings. The van der Waals surface area contributed by atoms with Gasteiger partial charge >= 0.3 is 0 Å². The Bertz CT molecular complexity index is 433. The molecule has 0 heterocycles. The van der Waals surface area contributed by atoms with Crippen LogP contribution in [0, 0.1) is 19.3 Å². The molecule has 1 aromatic rings. The van der Waals surface area contributed by atoms with Crippen molar-refractivity contribution < 1.29 is 9.84 Å². The van der Waals surface area contributed by atoms with E-state index in [2.05, 4.69) is 36.7 Å². The van der Waals surface area contributed by atoms with Crippen molar-refractivity contribution in [3.8, 4) is 5.75 Å². The monoisotopic (exact) mass is 314 g/mol. The van der Waals surface area contributed by atoms with Gasteiger partial charge < -0.3 is 9.84 Å². The average Bonchev–Trinajstić information content (AvgIpc) is 2.20. The molecule has 1 unspecified atom stereocenters. The number of aryl methyl sites for hydroxylation is 1. The highest BCUT2D eigenvalue weighted by Crippen LogP contribution is 2.40. The van der Waals surface area contributed by atoms with E-state index in [1.54, 1.807) is 7.11 Å². The van der Waals surface area contributed by atoms with Crippen molar-refractivity contribution in [3.05, 3.63) is 27.2 Å². The number of hydrogen-bond donors (Lipinski definition) is 1. The number of ether oxygens (including phenoxy) is 1. The number of aliphatic hydroxyl groups excluding tert-OH is 1. The molecule has 0 amide bonds. The van der Waals surface area contributed by atoms with Crippen LogP contribution in [0.15, 0.2) is 10.5 Å². The van der Waals surface area contributed by atoms with Gasteiger partial charge in [-0.1, -0.05) is 36.7 Å². The normalized spacial score (nSPS) is 13.6. The van der Waals surface area contributed by atoms with E-state index >= 15 is 0 Å². The number of hydrogen-bond acceptors (Lipinski definition) is 2. The van der Waals surface area contributed by atoms with Gasteiger partial charge in [0.25, 0.3) is 0 Å². The molecule has 18 heavy (non-hydrogen) atoms. The molecule has 0 saturated carbocycles. The zero-order chi connectivity index (χ0) is 14.1. The van der Waals surface area contributed by atoms with Gasteiger partial charge in [0.2, 0.25) is 0 Å². The number of rotatable bonds is 3. The van der Waals surface area contributed by atoms with Crippen LogP contribution in [0.25, 0.3) is 0 Å². The Morgan fingerprint density at radius 2 is 1.89 bits per heavy atom. The van der Waals surface area contributed by atoms with Crippen molar-refractivity contribution in [2.24, 2.45) is 5.41 Å². The number of methoxy groups -OCH3 is 1. The highest BCUT2D eigenvalue weighted by atomic mass is 79.9. The van der Waals surface area contributed by atoms with Gasteiger partial charge in [-0.25, -0.2) is 0 Å². The van der Waals surface area contributed by atoms with Crippen LogP contribution in [0.2, 0.25) is 0 Å². The summed E-state index contributed by atoms with van der Waals surface area (Å²) in [6.45, 7) is 10.4. The third-order valence-corrected chi connectivity index (χ3v) is 3.87. The summed E-state index contributed by atoms with van der Waals surface area (Å²) in [6, 6.07) is 2.03. The molecule has 102 valence electrons. The van der Waals surface area contributed by atoms with Crippen molar-refractivity contribution in [2.45, 2.75) is 47.1 Å². The quantitative estimate of drug-likeness (QED) is 0.887. The van der Waals surface area contributed by atoms with Crippen LogP contribution in [0.5, 0.6) is 5.75 Å². The summed E-state index contributed by atoms with van der Waals surface area (Å²) in [5.74, 6) is 0.799. The van der Waals surface area contributed by atoms with Gasteiger partial charge in [-0.2, -0.15) is 0 Å². The van der Waals surface area contributed by atoms with E-state index in [0.717, 1.165) is 26.9 Å². The zero-order valence-electron chi connectivity index (χ0n) is 12.1. The van der Waals surface area contributed by atoms with E-state index in [4.69, 9.17) is 4.74 Å². The fraction of sp³-hybridized carbons (Fsp3) is 0.600. The van der Waals surface area contributed by atoms with Crippen LogP contribution in [-0.2, 0) is 0 Å². The van der Waals surface area contributed by atoms with Gasteiger partial charge in [-0.05, 0) is 42.9 Å². The summed E-state index contributed by atoms with van der Waals surface area (Å²) in [5, 5.41) is 10.5. The van der Waals surface area contributed by atoms with Gasteiger partial charge in [-0.3, -0.25) is 0 Å². The molecule has 0 saturated heterocycles. The van der Waals surface area contributed by atoms with Crippen LogP contribution < -0.4 is 4.74 Å². The van der Waals surface area contributed by atoms with E-state index in [9.17, 15) is 5.11 Å². The number of benzene rings is 1. The van der Waals surface area contributed by atoms with Crippen LogP contribution >= 0.6 is 15.9 Å². The maximum absolute atomic E-state index is 10.5. The maximum Gasteiger partial charge on any atom is 0.127 e. The molecule has 1 atom stereocenters. The molecule has 2 nitrogen and oxygen atoms in total. The molecule has 0 bridgehead atoms. The first-order chi connectivity index (χ1) is 8.17. The second kappa shape index (κ2) is 5.62. The molecule has 0 aromatic heterocycles. The van der Waals surface area contributed by atoms with Gasteiger partial charge in [0.1, 0.15) is 5.75 Å². The van der Waals surface area contributed by atoms with Gasteiger partial charge in [0.15, 0.2) is 0 Å². The van der Waals surface area contributed by atoms with Crippen molar-refractivity contribution in [1.29, 1.82) is 0 Å². The Morgan fingerprint density at radius 1 is 1.33 bits per heavy atom. The van der Waals surface area contributed by atoms with Gasteiger partial charge in [0, 0.05) is 10.0 Å². The number of aliphatic hydroxyl groups is 1. The van der Waals surface area contributed by atoms with Crippen molar-refractivity contribution >= 4 is 15.9 Å². The van der Waals surface area contributed by atoms with Crippen LogP contribution in [-0.4, -0.2) is 12.2 Å². The third-order valence-electron chi connectivity index (χ3n) is 3.05. The lowest BCUT2D eigenvalue weighted by Crippen LogP contribution is -2.14. The number of halogens is 1. The first-order valence-corrected chi connectivity index (χ1v) is 6.98. The second-order valence-corrected chi connectivity index (χ2v) is 6.88. The van der Waals surface area contributed by atoms with Crippen LogP contribution in [0.1, 0.15) is 50.0 Å². The summed E-state index contributed by atoms with van der Waals surface area (Å²) >= 11 is 3.54. The first kappa shape index (κ1) is 15.5. The van der Waals surface area contributed by atoms with E-state index < -0.39 is 6.10 Å². The van der Waals surface area contributed by atoms with E-state index in [1.807, 2.05) is 19.9 Å².